The summed E-state index contributed by atoms with van der Waals surface area (Å²) >= 11 is 0. The molecule has 0 aliphatic rings. The summed E-state index contributed by atoms with van der Waals surface area (Å²) < 4.78 is 10.7. The number of rotatable bonds is 9. The van der Waals surface area contributed by atoms with Gasteiger partial charge in [0.25, 0.3) is 11.8 Å². The van der Waals surface area contributed by atoms with Gasteiger partial charge in [0.2, 0.25) is 0 Å². The first kappa shape index (κ1) is 24.2. The zero-order valence-electron chi connectivity index (χ0n) is 18.9. The molecule has 0 unspecified atom stereocenters. The molecule has 0 aliphatic carbocycles. The minimum Gasteiger partial charge on any atom is -0.494 e. The van der Waals surface area contributed by atoms with E-state index in [1.165, 1.54) is 6.21 Å². The van der Waals surface area contributed by atoms with Gasteiger partial charge in [0.15, 0.2) is 0 Å². The molecule has 0 fully saturated rings. The van der Waals surface area contributed by atoms with Crippen molar-refractivity contribution in [3.63, 3.8) is 0 Å². The van der Waals surface area contributed by atoms with Gasteiger partial charge >= 0.3 is 5.97 Å². The van der Waals surface area contributed by atoms with Gasteiger partial charge in [-0.2, -0.15) is 5.10 Å². The average molecular weight is 460 g/mol. The fourth-order valence-corrected chi connectivity index (χ4v) is 2.94. The van der Waals surface area contributed by atoms with Crippen LogP contribution < -0.4 is 20.2 Å². The smallest absolute Gasteiger partial charge is 0.343 e. The minimum absolute atomic E-state index is 0.203. The Balaban J connectivity index is 1.45. The van der Waals surface area contributed by atoms with E-state index in [1.807, 2.05) is 26.0 Å². The number of benzene rings is 3. The summed E-state index contributed by atoms with van der Waals surface area (Å²) in [5.41, 5.74) is 4.79. The third-order valence-electron chi connectivity index (χ3n) is 4.69. The molecule has 0 spiro atoms. The number of aryl methyl sites for hydroxylation is 1. The van der Waals surface area contributed by atoms with Crippen LogP contribution in [0.2, 0.25) is 0 Å². The van der Waals surface area contributed by atoms with Gasteiger partial charge < -0.3 is 14.8 Å². The predicted octanol–water partition coefficient (Wildman–Crippen LogP) is 3.49. The molecule has 8 heteroatoms. The van der Waals surface area contributed by atoms with Crippen LogP contribution in [0.5, 0.6) is 11.5 Å². The highest BCUT2D eigenvalue weighted by molar-refractivity contribution is 5.97. The first-order chi connectivity index (χ1) is 16.5. The summed E-state index contributed by atoms with van der Waals surface area (Å²) in [4.78, 5) is 36.3. The molecule has 0 aromatic heterocycles. The van der Waals surface area contributed by atoms with E-state index >= 15 is 0 Å². The van der Waals surface area contributed by atoms with Gasteiger partial charge in [-0.25, -0.2) is 10.2 Å². The van der Waals surface area contributed by atoms with Gasteiger partial charge in [0.05, 0.1) is 24.9 Å². The molecule has 0 heterocycles. The Morgan fingerprint density at radius 2 is 1.59 bits per heavy atom. The number of hydrogen-bond donors (Lipinski definition) is 2. The zero-order chi connectivity index (χ0) is 24.3. The summed E-state index contributed by atoms with van der Waals surface area (Å²) in [5, 5.41) is 6.43. The van der Waals surface area contributed by atoms with Crippen molar-refractivity contribution < 1.29 is 23.9 Å². The first-order valence-corrected chi connectivity index (χ1v) is 10.7. The highest BCUT2D eigenvalue weighted by Gasteiger charge is 2.10. The molecular weight excluding hydrogens is 434 g/mol. The molecule has 2 N–H and O–H groups in total. The summed E-state index contributed by atoms with van der Waals surface area (Å²) in [6.45, 7) is 4.06. The molecule has 34 heavy (non-hydrogen) atoms. The van der Waals surface area contributed by atoms with Gasteiger partial charge in [-0.3, -0.25) is 9.59 Å². The SMILES string of the molecule is CCOc1ccc(C(=O)Oc2ccc(/C=N/NC(=O)CNC(=O)c3ccccc3C)cc2)cc1. The van der Waals surface area contributed by atoms with E-state index < -0.39 is 11.9 Å². The number of ether oxygens (including phenoxy) is 2. The number of carbonyl (C=O) groups excluding carboxylic acids is 3. The fraction of sp³-hybridized carbons (Fsp3) is 0.154. The number of amides is 2. The maximum atomic E-state index is 12.3. The Hall–Kier alpha value is -4.46. The second-order valence-electron chi connectivity index (χ2n) is 7.21. The largest absolute Gasteiger partial charge is 0.494 e. The van der Waals surface area contributed by atoms with Crippen LogP contribution in [0.25, 0.3) is 0 Å². The molecule has 174 valence electrons. The van der Waals surface area contributed by atoms with Crippen molar-refractivity contribution in [2.75, 3.05) is 13.2 Å². The number of esters is 1. The zero-order valence-corrected chi connectivity index (χ0v) is 18.9. The Morgan fingerprint density at radius 3 is 2.26 bits per heavy atom. The van der Waals surface area contributed by atoms with Crippen molar-refractivity contribution in [2.45, 2.75) is 13.8 Å². The van der Waals surface area contributed by atoms with Gasteiger partial charge in [0, 0.05) is 5.56 Å². The van der Waals surface area contributed by atoms with Crippen molar-refractivity contribution in [2.24, 2.45) is 5.10 Å². The van der Waals surface area contributed by atoms with Crippen molar-refractivity contribution in [1.82, 2.24) is 10.7 Å². The van der Waals surface area contributed by atoms with E-state index in [0.29, 0.717) is 34.8 Å². The molecule has 0 atom stereocenters. The Kier molecular flexibility index (Phi) is 8.51. The van der Waals surface area contributed by atoms with Crippen LogP contribution in [0.4, 0.5) is 0 Å². The number of nitrogens with one attached hydrogen (secondary N) is 2. The Labute approximate surface area is 197 Å². The number of carbonyl (C=O) groups is 3. The fourth-order valence-electron chi connectivity index (χ4n) is 2.94. The van der Waals surface area contributed by atoms with E-state index in [1.54, 1.807) is 60.7 Å². The quantitative estimate of drug-likeness (QED) is 0.221. The molecule has 0 saturated heterocycles. The van der Waals surface area contributed by atoms with Crippen molar-refractivity contribution in [1.29, 1.82) is 0 Å². The third kappa shape index (κ3) is 7.03. The molecule has 0 radical (unpaired) electrons. The summed E-state index contributed by atoms with van der Waals surface area (Å²) in [6.07, 6.45) is 1.44. The van der Waals surface area contributed by atoms with Crippen LogP contribution in [-0.4, -0.2) is 37.1 Å². The molecule has 0 aliphatic heterocycles. The lowest BCUT2D eigenvalue weighted by molar-refractivity contribution is -0.120. The summed E-state index contributed by atoms with van der Waals surface area (Å²) in [7, 11) is 0. The molecule has 2 amide bonds. The van der Waals surface area contributed by atoms with E-state index in [9.17, 15) is 14.4 Å². The van der Waals surface area contributed by atoms with E-state index in [4.69, 9.17) is 9.47 Å². The van der Waals surface area contributed by atoms with Crippen LogP contribution in [-0.2, 0) is 4.79 Å². The Bertz CT molecular complexity index is 1170. The maximum absolute atomic E-state index is 12.3. The molecular formula is C26H25N3O5. The van der Waals surface area contributed by atoms with Crippen molar-refractivity contribution in [3.8, 4) is 11.5 Å². The van der Waals surface area contributed by atoms with Gasteiger partial charge in [-0.15, -0.1) is 0 Å². The van der Waals surface area contributed by atoms with Crippen molar-refractivity contribution in [3.05, 3.63) is 95.1 Å². The van der Waals surface area contributed by atoms with Crippen LogP contribution >= 0.6 is 0 Å². The lowest BCUT2D eigenvalue weighted by atomic mass is 10.1. The number of hydrazone groups is 1. The first-order valence-electron chi connectivity index (χ1n) is 10.7. The second-order valence-corrected chi connectivity index (χ2v) is 7.21. The predicted molar refractivity (Wildman–Crippen MR) is 128 cm³/mol. The molecule has 0 bridgehead atoms. The van der Waals surface area contributed by atoms with E-state index in [0.717, 1.165) is 5.56 Å². The number of nitrogens with zero attached hydrogens (tertiary/aromatic N) is 1. The van der Waals surface area contributed by atoms with Crippen LogP contribution in [0.3, 0.4) is 0 Å². The van der Waals surface area contributed by atoms with Crippen LogP contribution in [0.15, 0.2) is 77.9 Å². The van der Waals surface area contributed by atoms with E-state index in [2.05, 4.69) is 15.8 Å². The van der Waals surface area contributed by atoms with Crippen molar-refractivity contribution >= 4 is 24.0 Å². The lowest BCUT2D eigenvalue weighted by Gasteiger charge is -2.07. The summed E-state index contributed by atoms with van der Waals surface area (Å²) in [6, 6.07) is 20.4. The third-order valence-corrected chi connectivity index (χ3v) is 4.69. The molecule has 3 aromatic carbocycles. The highest BCUT2D eigenvalue weighted by atomic mass is 16.5. The lowest BCUT2D eigenvalue weighted by Crippen LogP contribution is -2.35. The monoisotopic (exact) mass is 459 g/mol. The maximum Gasteiger partial charge on any atom is 0.343 e. The highest BCUT2D eigenvalue weighted by Crippen LogP contribution is 2.16. The number of hydrogen-bond acceptors (Lipinski definition) is 6. The van der Waals surface area contributed by atoms with Crippen LogP contribution in [0.1, 0.15) is 38.8 Å². The molecule has 3 aromatic rings. The standard InChI is InChI=1S/C26H25N3O5/c1-3-33-21-14-10-20(11-15-21)26(32)34-22-12-8-19(9-13-22)16-28-29-24(30)17-27-25(31)23-7-5-4-6-18(23)2/h4-16H,3,17H2,1-2H3,(H,27,31)(H,29,30)/b28-16+. The second kappa shape index (κ2) is 12.0. The van der Waals surface area contributed by atoms with Crippen LogP contribution in [0, 0.1) is 6.92 Å². The molecule has 3 rings (SSSR count). The van der Waals surface area contributed by atoms with E-state index in [-0.39, 0.29) is 12.5 Å². The van der Waals surface area contributed by atoms with Gasteiger partial charge in [-0.05, 0) is 79.6 Å². The topological polar surface area (TPSA) is 106 Å². The minimum atomic E-state index is -0.482. The Morgan fingerprint density at radius 1 is 0.912 bits per heavy atom. The average Bonchev–Trinajstić information content (AvgIpc) is 2.84. The normalized spacial score (nSPS) is 10.5. The molecule has 0 saturated carbocycles. The van der Waals surface area contributed by atoms with Gasteiger partial charge in [0.1, 0.15) is 11.5 Å². The summed E-state index contributed by atoms with van der Waals surface area (Å²) in [5.74, 6) is -0.210. The van der Waals surface area contributed by atoms with Gasteiger partial charge in [-0.1, -0.05) is 18.2 Å². The molecule has 8 nitrogen and oxygen atoms in total.